The second-order valence-corrected chi connectivity index (χ2v) is 8.76. The topological polar surface area (TPSA) is 94.5 Å². The predicted molar refractivity (Wildman–Crippen MR) is 124 cm³/mol. The maximum absolute atomic E-state index is 13.0. The van der Waals surface area contributed by atoms with Gasteiger partial charge < -0.3 is 19.4 Å². The number of aromatic nitrogens is 2. The van der Waals surface area contributed by atoms with E-state index < -0.39 is 0 Å². The molecule has 2 amide bonds. The van der Waals surface area contributed by atoms with Gasteiger partial charge in [0, 0.05) is 17.1 Å². The van der Waals surface area contributed by atoms with Gasteiger partial charge in [-0.05, 0) is 65.0 Å². The SMILES string of the molecule is COc1cc(C(=O)Nc2nc3ccccc3n2C(C)(C)C)ccc1OCC(=O)NC(C)C. The molecule has 2 aromatic carbocycles. The Kier molecular flexibility index (Phi) is 6.72. The molecule has 0 aliphatic carbocycles. The molecule has 32 heavy (non-hydrogen) atoms. The minimum Gasteiger partial charge on any atom is -0.493 e. The van der Waals surface area contributed by atoms with Crippen LogP contribution in [0.1, 0.15) is 45.0 Å². The Morgan fingerprint density at radius 3 is 2.47 bits per heavy atom. The number of amides is 2. The highest BCUT2D eigenvalue weighted by Crippen LogP contribution is 2.30. The zero-order chi connectivity index (χ0) is 23.5. The molecular formula is C24H30N4O4. The predicted octanol–water partition coefficient (Wildman–Crippen LogP) is 3.96. The number of ether oxygens (including phenoxy) is 2. The highest BCUT2D eigenvalue weighted by molar-refractivity contribution is 6.04. The summed E-state index contributed by atoms with van der Waals surface area (Å²) in [6, 6.07) is 12.6. The third-order valence-electron chi connectivity index (χ3n) is 4.69. The maximum Gasteiger partial charge on any atom is 0.258 e. The lowest BCUT2D eigenvalue weighted by Gasteiger charge is -2.24. The van der Waals surface area contributed by atoms with Crippen LogP contribution in [0.5, 0.6) is 11.5 Å². The number of nitrogens with zero attached hydrogens (tertiary/aromatic N) is 2. The van der Waals surface area contributed by atoms with Crippen molar-refractivity contribution in [3.8, 4) is 11.5 Å². The van der Waals surface area contributed by atoms with E-state index in [1.165, 1.54) is 7.11 Å². The van der Waals surface area contributed by atoms with Crippen molar-refractivity contribution < 1.29 is 19.1 Å². The summed E-state index contributed by atoms with van der Waals surface area (Å²) >= 11 is 0. The first-order valence-electron chi connectivity index (χ1n) is 10.5. The first kappa shape index (κ1) is 23.1. The lowest BCUT2D eigenvalue weighted by Crippen LogP contribution is -2.34. The van der Waals surface area contributed by atoms with E-state index in [0.29, 0.717) is 23.0 Å². The molecule has 0 saturated carbocycles. The van der Waals surface area contributed by atoms with Crippen LogP contribution in [0.25, 0.3) is 11.0 Å². The second kappa shape index (κ2) is 9.30. The van der Waals surface area contributed by atoms with Crippen molar-refractivity contribution in [2.24, 2.45) is 0 Å². The lowest BCUT2D eigenvalue weighted by atomic mass is 10.1. The highest BCUT2D eigenvalue weighted by atomic mass is 16.5. The highest BCUT2D eigenvalue weighted by Gasteiger charge is 2.23. The molecule has 0 fully saturated rings. The van der Waals surface area contributed by atoms with Gasteiger partial charge in [0.1, 0.15) is 0 Å². The minimum atomic E-state index is -0.326. The van der Waals surface area contributed by atoms with Gasteiger partial charge in [0.05, 0.1) is 18.1 Å². The van der Waals surface area contributed by atoms with Gasteiger partial charge in [-0.15, -0.1) is 0 Å². The number of hydrogen-bond donors (Lipinski definition) is 2. The summed E-state index contributed by atoms with van der Waals surface area (Å²) in [5, 5.41) is 5.68. The van der Waals surface area contributed by atoms with Gasteiger partial charge >= 0.3 is 0 Å². The van der Waals surface area contributed by atoms with Crippen LogP contribution >= 0.6 is 0 Å². The fourth-order valence-corrected chi connectivity index (χ4v) is 3.40. The van der Waals surface area contributed by atoms with Gasteiger partial charge in [0.15, 0.2) is 18.1 Å². The molecule has 0 atom stereocenters. The third kappa shape index (κ3) is 5.19. The van der Waals surface area contributed by atoms with Crippen molar-refractivity contribution in [3.63, 3.8) is 0 Å². The number of carbonyl (C=O) groups excluding carboxylic acids is 2. The molecule has 2 N–H and O–H groups in total. The largest absolute Gasteiger partial charge is 0.493 e. The summed E-state index contributed by atoms with van der Waals surface area (Å²) in [7, 11) is 1.48. The number of benzene rings is 2. The van der Waals surface area contributed by atoms with E-state index >= 15 is 0 Å². The lowest BCUT2D eigenvalue weighted by molar-refractivity contribution is -0.123. The number of fused-ring (bicyclic) bond motifs is 1. The molecule has 0 aliphatic heterocycles. The smallest absolute Gasteiger partial charge is 0.258 e. The molecule has 0 spiro atoms. The second-order valence-electron chi connectivity index (χ2n) is 8.76. The van der Waals surface area contributed by atoms with Crippen LogP contribution in [-0.4, -0.2) is 41.1 Å². The van der Waals surface area contributed by atoms with Gasteiger partial charge in [-0.1, -0.05) is 12.1 Å². The fraction of sp³-hybridized carbons (Fsp3) is 0.375. The molecule has 0 radical (unpaired) electrons. The number of carbonyl (C=O) groups is 2. The number of para-hydroxylation sites is 2. The molecule has 3 aromatic rings. The molecule has 170 valence electrons. The average Bonchev–Trinajstić information content (AvgIpc) is 3.09. The van der Waals surface area contributed by atoms with Gasteiger partial charge in [-0.25, -0.2) is 4.98 Å². The summed E-state index contributed by atoms with van der Waals surface area (Å²) in [4.78, 5) is 29.5. The Labute approximate surface area is 187 Å². The average molecular weight is 439 g/mol. The van der Waals surface area contributed by atoms with Gasteiger partial charge in [0.25, 0.3) is 11.8 Å². The number of anilines is 1. The summed E-state index contributed by atoms with van der Waals surface area (Å²) in [5.74, 6) is 0.649. The number of methoxy groups -OCH3 is 1. The molecule has 1 heterocycles. The van der Waals surface area contributed by atoms with Crippen molar-refractivity contribution in [3.05, 3.63) is 48.0 Å². The summed E-state index contributed by atoms with van der Waals surface area (Å²) in [5.41, 5.74) is 1.84. The Bertz CT molecular complexity index is 1130. The van der Waals surface area contributed by atoms with E-state index in [9.17, 15) is 9.59 Å². The summed E-state index contributed by atoms with van der Waals surface area (Å²) in [6.45, 7) is 9.78. The van der Waals surface area contributed by atoms with E-state index in [1.54, 1.807) is 18.2 Å². The minimum absolute atomic E-state index is 0.0244. The maximum atomic E-state index is 13.0. The van der Waals surface area contributed by atoms with Crippen LogP contribution in [0.3, 0.4) is 0 Å². The normalized spacial score (nSPS) is 11.5. The van der Waals surface area contributed by atoms with Crippen molar-refractivity contribution in [1.82, 2.24) is 14.9 Å². The molecule has 0 aliphatic rings. The Morgan fingerprint density at radius 2 is 1.81 bits per heavy atom. The molecular weight excluding hydrogens is 408 g/mol. The Hall–Kier alpha value is -3.55. The van der Waals surface area contributed by atoms with Crippen LogP contribution in [0, 0.1) is 0 Å². The first-order valence-corrected chi connectivity index (χ1v) is 10.5. The standard InChI is InChI=1S/C24H30N4O4/c1-15(2)25-21(29)14-32-19-12-11-16(13-20(19)31-6)22(30)27-23-26-17-9-7-8-10-18(17)28(23)24(3,4)5/h7-13,15H,14H2,1-6H3,(H,25,29)(H,26,27,30). The van der Waals surface area contributed by atoms with Gasteiger partial charge in [-0.3, -0.25) is 14.9 Å². The van der Waals surface area contributed by atoms with E-state index in [-0.39, 0.29) is 30.0 Å². The molecule has 8 heteroatoms. The third-order valence-corrected chi connectivity index (χ3v) is 4.69. The summed E-state index contributed by atoms with van der Waals surface area (Å²) in [6.07, 6.45) is 0. The van der Waals surface area contributed by atoms with Crippen LogP contribution in [0.4, 0.5) is 5.95 Å². The van der Waals surface area contributed by atoms with E-state index in [4.69, 9.17) is 9.47 Å². The van der Waals surface area contributed by atoms with Crippen molar-refractivity contribution in [1.29, 1.82) is 0 Å². The zero-order valence-corrected chi connectivity index (χ0v) is 19.4. The van der Waals surface area contributed by atoms with Crippen molar-refractivity contribution in [2.45, 2.75) is 46.2 Å². The van der Waals surface area contributed by atoms with E-state index in [1.807, 2.05) is 42.7 Å². The molecule has 8 nitrogen and oxygen atoms in total. The van der Waals surface area contributed by atoms with Crippen LogP contribution < -0.4 is 20.1 Å². The molecule has 0 saturated heterocycles. The number of nitrogens with one attached hydrogen (secondary N) is 2. The van der Waals surface area contributed by atoms with Gasteiger partial charge in [0.2, 0.25) is 5.95 Å². The molecule has 1 aromatic heterocycles. The Balaban J connectivity index is 1.82. The number of imidazole rings is 1. The molecule has 0 unspecified atom stereocenters. The molecule has 3 rings (SSSR count). The van der Waals surface area contributed by atoms with Crippen molar-refractivity contribution >= 4 is 28.8 Å². The number of rotatable bonds is 7. The van der Waals surface area contributed by atoms with Crippen LogP contribution in [0.2, 0.25) is 0 Å². The monoisotopic (exact) mass is 438 g/mol. The van der Waals surface area contributed by atoms with Gasteiger partial charge in [-0.2, -0.15) is 0 Å². The molecule has 0 bridgehead atoms. The summed E-state index contributed by atoms with van der Waals surface area (Å²) < 4.78 is 12.9. The quantitative estimate of drug-likeness (QED) is 0.582. The van der Waals surface area contributed by atoms with Crippen molar-refractivity contribution in [2.75, 3.05) is 19.0 Å². The van der Waals surface area contributed by atoms with E-state index in [2.05, 4.69) is 36.4 Å². The fourth-order valence-electron chi connectivity index (χ4n) is 3.40. The first-order chi connectivity index (χ1) is 15.1. The zero-order valence-electron chi connectivity index (χ0n) is 19.4. The van der Waals surface area contributed by atoms with Crippen LogP contribution in [-0.2, 0) is 10.3 Å². The van der Waals surface area contributed by atoms with Crippen LogP contribution in [0.15, 0.2) is 42.5 Å². The van der Waals surface area contributed by atoms with E-state index in [0.717, 1.165) is 11.0 Å². The Morgan fingerprint density at radius 1 is 1.09 bits per heavy atom. The number of hydrogen-bond acceptors (Lipinski definition) is 5.